The molecule has 3 heteroatoms. The number of thioether (sulfide) groups is 1. The van der Waals surface area contributed by atoms with Crippen LogP contribution in [-0.4, -0.2) is 42.4 Å². The Bertz CT molecular complexity index is 441. The van der Waals surface area contributed by atoms with Gasteiger partial charge >= 0.3 is 0 Å². The van der Waals surface area contributed by atoms with Gasteiger partial charge in [-0.2, -0.15) is 0 Å². The summed E-state index contributed by atoms with van der Waals surface area (Å²) >= 11 is 2.08. The molecule has 0 spiro atoms. The van der Waals surface area contributed by atoms with Gasteiger partial charge in [0.25, 0.3) is 0 Å². The highest BCUT2D eigenvalue weighted by molar-refractivity contribution is 8.00. The zero-order valence-electron chi connectivity index (χ0n) is 12.9. The minimum atomic E-state index is 0.352. The summed E-state index contributed by atoms with van der Waals surface area (Å²) in [7, 11) is 0. The van der Waals surface area contributed by atoms with E-state index in [1.807, 2.05) is 0 Å². The molecule has 1 N–H and O–H groups in total. The molecule has 2 unspecified atom stereocenters. The second kappa shape index (κ2) is 5.70. The summed E-state index contributed by atoms with van der Waals surface area (Å²) in [5.41, 5.74) is 1.90. The van der Waals surface area contributed by atoms with Crippen molar-refractivity contribution in [2.45, 2.75) is 43.4 Å². The van der Waals surface area contributed by atoms with Crippen LogP contribution < -0.4 is 5.32 Å². The van der Waals surface area contributed by atoms with E-state index in [1.165, 1.54) is 31.0 Å². The molecule has 2 atom stereocenters. The van der Waals surface area contributed by atoms with Gasteiger partial charge in [-0.05, 0) is 23.5 Å². The summed E-state index contributed by atoms with van der Waals surface area (Å²) in [6.45, 7) is 11.8. The highest BCUT2D eigenvalue weighted by Crippen LogP contribution is 2.37. The van der Waals surface area contributed by atoms with Crippen LogP contribution in [0.1, 0.15) is 26.3 Å². The minimum absolute atomic E-state index is 0.352. The molecule has 0 amide bonds. The number of fused-ring (bicyclic) bond motifs is 1. The Balaban J connectivity index is 1.57. The highest BCUT2D eigenvalue weighted by Gasteiger charge is 2.31. The van der Waals surface area contributed by atoms with Crippen LogP contribution in [0, 0.1) is 5.41 Å². The van der Waals surface area contributed by atoms with Crippen LogP contribution in [-0.2, 0) is 6.42 Å². The maximum Gasteiger partial charge on any atom is 0.0263 e. The van der Waals surface area contributed by atoms with Crippen LogP contribution in [0.2, 0.25) is 0 Å². The third-order valence-corrected chi connectivity index (χ3v) is 5.78. The Morgan fingerprint density at radius 1 is 1.30 bits per heavy atom. The van der Waals surface area contributed by atoms with Gasteiger partial charge in [0, 0.05) is 42.4 Å². The summed E-state index contributed by atoms with van der Waals surface area (Å²) in [6.07, 6.45) is 1.24. The normalized spacial score (nSPS) is 27.6. The van der Waals surface area contributed by atoms with Gasteiger partial charge in [0.2, 0.25) is 0 Å². The first-order chi connectivity index (χ1) is 9.52. The smallest absolute Gasteiger partial charge is 0.0263 e. The average Bonchev–Trinajstić information content (AvgIpc) is 2.80. The van der Waals surface area contributed by atoms with Crippen molar-refractivity contribution < 1.29 is 0 Å². The molecule has 20 heavy (non-hydrogen) atoms. The monoisotopic (exact) mass is 290 g/mol. The van der Waals surface area contributed by atoms with E-state index in [2.05, 4.69) is 67.0 Å². The van der Waals surface area contributed by atoms with Crippen LogP contribution in [0.25, 0.3) is 0 Å². The third kappa shape index (κ3) is 3.21. The first kappa shape index (κ1) is 14.4. The average molecular weight is 290 g/mol. The van der Waals surface area contributed by atoms with Crippen molar-refractivity contribution in [3.05, 3.63) is 29.8 Å². The summed E-state index contributed by atoms with van der Waals surface area (Å²) in [4.78, 5) is 4.16. The van der Waals surface area contributed by atoms with Crippen LogP contribution >= 0.6 is 11.8 Å². The number of piperazine rings is 1. The number of rotatable bonds is 2. The lowest BCUT2D eigenvalue weighted by molar-refractivity contribution is 0.135. The summed E-state index contributed by atoms with van der Waals surface area (Å²) < 4.78 is 0. The molecular weight excluding hydrogens is 264 g/mol. The quantitative estimate of drug-likeness (QED) is 0.901. The lowest BCUT2D eigenvalue weighted by Crippen LogP contribution is -2.56. The molecule has 1 fully saturated rings. The lowest BCUT2D eigenvalue weighted by Gasteiger charge is -2.41. The summed E-state index contributed by atoms with van der Waals surface area (Å²) in [5, 5.41) is 4.42. The molecule has 3 rings (SSSR count). The van der Waals surface area contributed by atoms with Crippen LogP contribution in [0.3, 0.4) is 0 Å². The maximum atomic E-state index is 3.68. The highest BCUT2D eigenvalue weighted by atomic mass is 32.2. The van der Waals surface area contributed by atoms with E-state index in [9.17, 15) is 0 Å². The van der Waals surface area contributed by atoms with Gasteiger partial charge < -0.3 is 5.32 Å². The molecular formula is C17H26N2S. The zero-order valence-corrected chi connectivity index (χ0v) is 13.7. The second-order valence-electron chi connectivity index (χ2n) is 7.18. The Kier molecular flexibility index (Phi) is 4.11. The summed E-state index contributed by atoms with van der Waals surface area (Å²) in [5.74, 6) is 0. The standard InChI is InChI=1S/C17H26N2S/c1-17(2,3)16-12-19(9-8-18-16)11-14-10-13-6-4-5-7-15(13)20-14/h4-7,14,16,18H,8-12H2,1-3H3. The molecule has 2 aliphatic rings. The number of hydrogen-bond donors (Lipinski definition) is 1. The molecule has 110 valence electrons. The topological polar surface area (TPSA) is 15.3 Å². The SMILES string of the molecule is CC(C)(C)C1CN(CC2Cc3ccccc3S2)CCN1. The van der Waals surface area contributed by atoms with Gasteiger partial charge in [0.1, 0.15) is 0 Å². The van der Waals surface area contributed by atoms with E-state index in [1.54, 1.807) is 5.56 Å². The van der Waals surface area contributed by atoms with Gasteiger partial charge in [-0.3, -0.25) is 4.90 Å². The molecule has 2 heterocycles. The molecule has 1 aromatic carbocycles. The van der Waals surface area contributed by atoms with Crippen molar-refractivity contribution in [3.63, 3.8) is 0 Å². The molecule has 0 saturated carbocycles. The summed E-state index contributed by atoms with van der Waals surface area (Å²) in [6, 6.07) is 9.51. The van der Waals surface area contributed by atoms with Crippen molar-refractivity contribution in [1.82, 2.24) is 10.2 Å². The van der Waals surface area contributed by atoms with Crippen molar-refractivity contribution in [3.8, 4) is 0 Å². The van der Waals surface area contributed by atoms with Gasteiger partial charge in [-0.1, -0.05) is 39.0 Å². The minimum Gasteiger partial charge on any atom is -0.311 e. The molecule has 1 saturated heterocycles. The van der Waals surface area contributed by atoms with Gasteiger partial charge in [0.05, 0.1) is 0 Å². The Labute approximate surface area is 127 Å². The fourth-order valence-electron chi connectivity index (χ4n) is 3.20. The van der Waals surface area contributed by atoms with Crippen molar-refractivity contribution in [1.29, 1.82) is 0 Å². The third-order valence-electron chi connectivity index (χ3n) is 4.48. The Hall–Kier alpha value is -0.510. The van der Waals surface area contributed by atoms with E-state index in [0.29, 0.717) is 11.5 Å². The zero-order chi connectivity index (χ0) is 14.2. The maximum absolute atomic E-state index is 3.68. The van der Waals surface area contributed by atoms with E-state index in [4.69, 9.17) is 0 Å². The van der Waals surface area contributed by atoms with Crippen molar-refractivity contribution in [2.24, 2.45) is 5.41 Å². The molecule has 2 nitrogen and oxygen atoms in total. The van der Waals surface area contributed by atoms with Crippen molar-refractivity contribution in [2.75, 3.05) is 26.2 Å². The molecule has 2 aliphatic heterocycles. The van der Waals surface area contributed by atoms with E-state index in [0.717, 1.165) is 11.8 Å². The van der Waals surface area contributed by atoms with E-state index < -0.39 is 0 Å². The predicted octanol–water partition coefficient (Wildman–Crippen LogP) is 3.02. The molecule has 0 aliphatic carbocycles. The number of hydrogen-bond acceptors (Lipinski definition) is 3. The second-order valence-corrected chi connectivity index (χ2v) is 8.53. The number of benzene rings is 1. The van der Waals surface area contributed by atoms with Crippen molar-refractivity contribution >= 4 is 11.8 Å². The number of nitrogens with one attached hydrogen (secondary N) is 1. The number of nitrogens with zero attached hydrogens (tertiary/aromatic N) is 1. The van der Waals surface area contributed by atoms with Gasteiger partial charge in [-0.25, -0.2) is 0 Å². The fourth-order valence-corrected chi connectivity index (χ4v) is 4.57. The van der Waals surface area contributed by atoms with E-state index >= 15 is 0 Å². The van der Waals surface area contributed by atoms with Gasteiger partial charge in [0.15, 0.2) is 0 Å². The Morgan fingerprint density at radius 2 is 2.10 bits per heavy atom. The first-order valence-corrected chi connectivity index (χ1v) is 8.60. The lowest BCUT2D eigenvalue weighted by atomic mass is 9.85. The molecule has 1 aromatic rings. The molecule has 0 radical (unpaired) electrons. The van der Waals surface area contributed by atoms with Crippen LogP contribution in [0.15, 0.2) is 29.2 Å². The Morgan fingerprint density at radius 3 is 2.85 bits per heavy atom. The molecule has 0 aromatic heterocycles. The van der Waals surface area contributed by atoms with Crippen LogP contribution in [0.4, 0.5) is 0 Å². The predicted molar refractivity (Wildman–Crippen MR) is 87.5 cm³/mol. The van der Waals surface area contributed by atoms with Gasteiger partial charge in [-0.15, -0.1) is 11.8 Å². The largest absolute Gasteiger partial charge is 0.311 e. The fraction of sp³-hybridized carbons (Fsp3) is 0.647. The van der Waals surface area contributed by atoms with E-state index in [-0.39, 0.29) is 0 Å². The van der Waals surface area contributed by atoms with Crippen LogP contribution in [0.5, 0.6) is 0 Å². The molecule has 0 bridgehead atoms. The first-order valence-electron chi connectivity index (χ1n) is 7.73.